The highest BCUT2D eigenvalue weighted by atomic mass is 19.2. The zero-order valence-corrected chi connectivity index (χ0v) is 17.3. The van der Waals surface area contributed by atoms with Crippen LogP contribution in [0, 0.1) is 29.4 Å². The summed E-state index contributed by atoms with van der Waals surface area (Å²) >= 11 is 0. The fourth-order valence-corrected chi connectivity index (χ4v) is 4.57. The van der Waals surface area contributed by atoms with E-state index in [2.05, 4.69) is 0 Å². The molecule has 2 fully saturated rings. The van der Waals surface area contributed by atoms with Crippen molar-refractivity contribution in [3.8, 4) is 5.75 Å². The number of aliphatic hydroxyl groups is 2. The number of carboxylic acids is 1. The standard InChI is InChI=1S/C23H30F2O6/c24-18-4-2-5-20(23(18)25)31-13-15(26)8-10-16-17-9-7-14(3-1-6-22(28)29)12-30-21(17)11-19(16)27/h2,4-5,8,10,14-17,19,21,26-27H,1,3,6-7,9,11-13H2,(H,28,29)/b10-8+/t14-,15+,16+,17+,19+,21-/m0/s1. The molecule has 2 aliphatic rings. The lowest BCUT2D eigenvalue weighted by Gasteiger charge is -2.21. The summed E-state index contributed by atoms with van der Waals surface area (Å²) in [5.74, 6) is -2.92. The van der Waals surface area contributed by atoms with E-state index >= 15 is 0 Å². The van der Waals surface area contributed by atoms with Crippen LogP contribution in [0.25, 0.3) is 0 Å². The normalized spacial score (nSPS) is 29.5. The highest BCUT2D eigenvalue weighted by Gasteiger charge is 2.43. The van der Waals surface area contributed by atoms with Crippen molar-refractivity contribution in [2.45, 2.75) is 56.8 Å². The number of ether oxygens (including phenoxy) is 2. The van der Waals surface area contributed by atoms with Crippen LogP contribution in [0.4, 0.5) is 8.78 Å². The highest BCUT2D eigenvalue weighted by Crippen LogP contribution is 2.42. The van der Waals surface area contributed by atoms with Crippen LogP contribution in [0.15, 0.2) is 30.4 Å². The van der Waals surface area contributed by atoms with Crippen LogP contribution in [-0.2, 0) is 9.53 Å². The first-order chi connectivity index (χ1) is 14.8. The maximum Gasteiger partial charge on any atom is 0.303 e. The van der Waals surface area contributed by atoms with E-state index in [1.807, 2.05) is 0 Å². The van der Waals surface area contributed by atoms with Gasteiger partial charge < -0.3 is 24.8 Å². The number of rotatable bonds is 9. The molecule has 3 rings (SSSR count). The number of fused-ring (bicyclic) bond motifs is 1. The number of hydrogen-bond donors (Lipinski definition) is 3. The maximum atomic E-state index is 13.6. The van der Waals surface area contributed by atoms with Gasteiger partial charge in [-0.25, -0.2) is 4.39 Å². The van der Waals surface area contributed by atoms with E-state index in [0.29, 0.717) is 25.4 Å². The summed E-state index contributed by atoms with van der Waals surface area (Å²) in [4.78, 5) is 10.7. The summed E-state index contributed by atoms with van der Waals surface area (Å²) in [5, 5.41) is 29.4. The molecule has 1 aromatic rings. The second-order valence-electron chi connectivity index (χ2n) is 8.46. The first-order valence-electron chi connectivity index (χ1n) is 10.8. The molecule has 6 nitrogen and oxygen atoms in total. The first kappa shape index (κ1) is 23.6. The minimum atomic E-state index is -1.10. The van der Waals surface area contributed by atoms with E-state index in [9.17, 15) is 23.8 Å². The van der Waals surface area contributed by atoms with Crippen molar-refractivity contribution in [3.63, 3.8) is 0 Å². The average Bonchev–Trinajstić information content (AvgIpc) is 2.89. The number of aliphatic carboxylic acids is 1. The summed E-state index contributed by atoms with van der Waals surface area (Å²) in [6, 6.07) is 3.60. The highest BCUT2D eigenvalue weighted by molar-refractivity contribution is 5.66. The molecule has 6 atom stereocenters. The Morgan fingerprint density at radius 1 is 1.32 bits per heavy atom. The summed E-state index contributed by atoms with van der Waals surface area (Å²) in [6.45, 7) is 0.329. The molecule has 1 aromatic carbocycles. The lowest BCUT2D eigenvalue weighted by molar-refractivity contribution is -0.137. The van der Waals surface area contributed by atoms with Crippen molar-refractivity contribution in [1.29, 1.82) is 0 Å². The minimum Gasteiger partial charge on any atom is -0.487 e. The Morgan fingerprint density at radius 2 is 2.13 bits per heavy atom. The molecule has 0 aromatic heterocycles. The van der Waals surface area contributed by atoms with E-state index < -0.39 is 29.8 Å². The van der Waals surface area contributed by atoms with Gasteiger partial charge in [-0.15, -0.1) is 0 Å². The molecule has 3 N–H and O–H groups in total. The number of hydrogen-bond acceptors (Lipinski definition) is 5. The molecule has 0 unspecified atom stereocenters. The van der Waals surface area contributed by atoms with Gasteiger partial charge in [-0.2, -0.15) is 4.39 Å². The van der Waals surface area contributed by atoms with Crippen LogP contribution in [0.2, 0.25) is 0 Å². The fourth-order valence-electron chi connectivity index (χ4n) is 4.57. The molecular weight excluding hydrogens is 410 g/mol. The number of aliphatic hydroxyl groups excluding tert-OH is 2. The topological polar surface area (TPSA) is 96.2 Å². The number of carbonyl (C=O) groups is 1. The predicted octanol–water partition coefficient (Wildman–Crippen LogP) is 3.31. The molecule has 1 aliphatic carbocycles. The molecule has 1 aliphatic heterocycles. The Labute approximate surface area is 180 Å². The first-order valence-corrected chi connectivity index (χ1v) is 10.8. The maximum absolute atomic E-state index is 13.6. The number of carboxylic acid groups (broad SMARTS) is 1. The van der Waals surface area contributed by atoms with Gasteiger partial charge in [0.25, 0.3) is 0 Å². The Hall–Kier alpha value is -2.03. The minimum absolute atomic E-state index is 0.0658. The predicted molar refractivity (Wildman–Crippen MR) is 109 cm³/mol. The lowest BCUT2D eigenvalue weighted by Crippen LogP contribution is -2.22. The Balaban J connectivity index is 1.51. The monoisotopic (exact) mass is 440 g/mol. The van der Waals surface area contributed by atoms with Gasteiger partial charge in [0, 0.05) is 25.4 Å². The molecule has 1 heterocycles. The SMILES string of the molecule is O=C(O)CCC[C@H]1CC[C@@H]2[C@@H](/C=C/[C@@H](O)COc3cccc(F)c3F)[C@H](O)C[C@@H]2OC1. The van der Waals surface area contributed by atoms with Gasteiger partial charge in [0.05, 0.1) is 12.2 Å². The van der Waals surface area contributed by atoms with Crippen molar-refractivity contribution < 1.29 is 38.4 Å². The summed E-state index contributed by atoms with van der Waals surface area (Å²) in [5.41, 5.74) is 0. The van der Waals surface area contributed by atoms with E-state index in [1.54, 1.807) is 6.08 Å². The van der Waals surface area contributed by atoms with Crippen LogP contribution < -0.4 is 4.74 Å². The van der Waals surface area contributed by atoms with Crippen molar-refractivity contribution in [2.24, 2.45) is 17.8 Å². The Bertz CT molecular complexity index is 770. The molecule has 1 saturated carbocycles. The van der Waals surface area contributed by atoms with E-state index in [4.69, 9.17) is 14.6 Å². The van der Waals surface area contributed by atoms with Crippen molar-refractivity contribution in [1.82, 2.24) is 0 Å². The Morgan fingerprint density at radius 3 is 2.90 bits per heavy atom. The number of halogens is 2. The molecule has 31 heavy (non-hydrogen) atoms. The third-order valence-electron chi connectivity index (χ3n) is 6.23. The van der Waals surface area contributed by atoms with Gasteiger partial charge in [0.1, 0.15) is 12.7 Å². The number of benzene rings is 1. The zero-order chi connectivity index (χ0) is 22.4. The lowest BCUT2D eigenvalue weighted by atomic mass is 9.86. The van der Waals surface area contributed by atoms with Gasteiger partial charge in [-0.05, 0) is 49.7 Å². The van der Waals surface area contributed by atoms with E-state index in [0.717, 1.165) is 25.3 Å². The van der Waals surface area contributed by atoms with Crippen molar-refractivity contribution >= 4 is 5.97 Å². The van der Waals surface area contributed by atoms with Crippen molar-refractivity contribution in [2.75, 3.05) is 13.2 Å². The second-order valence-corrected chi connectivity index (χ2v) is 8.46. The summed E-state index contributed by atoms with van der Waals surface area (Å²) < 4.78 is 38.1. The van der Waals surface area contributed by atoms with Gasteiger partial charge >= 0.3 is 5.97 Å². The van der Waals surface area contributed by atoms with Crippen LogP contribution in [-0.4, -0.2) is 52.8 Å². The van der Waals surface area contributed by atoms with Gasteiger partial charge in [0.2, 0.25) is 5.82 Å². The Kier molecular flexibility index (Phi) is 8.40. The van der Waals surface area contributed by atoms with Crippen LogP contribution in [0.5, 0.6) is 5.75 Å². The smallest absolute Gasteiger partial charge is 0.303 e. The molecule has 0 amide bonds. The second kappa shape index (κ2) is 11.0. The van der Waals surface area contributed by atoms with E-state index in [-0.39, 0.29) is 36.7 Å². The van der Waals surface area contributed by atoms with Crippen LogP contribution in [0.3, 0.4) is 0 Å². The average molecular weight is 440 g/mol. The summed E-state index contributed by atoms with van der Waals surface area (Å²) in [7, 11) is 0. The molecule has 1 saturated heterocycles. The molecule has 8 heteroatoms. The van der Waals surface area contributed by atoms with Gasteiger partial charge in [-0.3, -0.25) is 4.79 Å². The third kappa shape index (κ3) is 6.48. The molecular formula is C23H30F2O6. The summed E-state index contributed by atoms with van der Waals surface area (Å²) in [6.07, 6.45) is 5.47. The fraction of sp³-hybridized carbons (Fsp3) is 0.609. The van der Waals surface area contributed by atoms with E-state index in [1.165, 1.54) is 18.2 Å². The molecule has 0 radical (unpaired) electrons. The molecule has 0 bridgehead atoms. The van der Waals surface area contributed by atoms with Gasteiger partial charge in [0.15, 0.2) is 11.6 Å². The van der Waals surface area contributed by atoms with Crippen LogP contribution >= 0.6 is 0 Å². The molecule has 0 spiro atoms. The van der Waals surface area contributed by atoms with Crippen LogP contribution in [0.1, 0.15) is 38.5 Å². The molecule has 172 valence electrons. The largest absolute Gasteiger partial charge is 0.487 e. The van der Waals surface area contributed by atoms with Crippen molar-refractivity contribution in [3.05, 3.63) is 42.0 Å². The quantitative estimate of drug-likeness (QED) is 0.510. The van der Waals surface area contributed by atoms with Gasteiger partial charge in [-0.1, -0.05) is 18.2 Å². The zero-order valence-electron chi connectivity index (χ0n) is 17.3. The third-order valence-corrected chi connectivity index (χ3v) is 6.23.